The fourth-order valence-electron chi connectivity index (χ4n) is 3.72. The summed E-state index contributed by atoms with van der Waals surface area (Å²) >= 11 is 0. The van der Waals surface area contributed by atoms with Gasteiger partial charge in [-0.15, -0.1) is 0 Å². The molecule has 7 heteroatoms. The van der Waals surface area contributed by atoms with Crippen LogP contribution in [0, 0.1) is 0 Å². The fraction of sp³-hybridized carbons (Fsp3) is 0.391. The lowest BCUT2D eigenvalue weighted by atomic mass is 10.0. The van der Waals surface area contributed by atoms with E-state index in [9.17, 15) is 18.0 Å². The zero-order chi connectivity index (χ0) is 21.9. The Balaban J connectivity index is 1.62. The van der Waals surface area contributed by atoms with Crippen LogP contribution in [0.15, 0.2) is 53.4 Å². The largest absolute Gasteiger partial charge is 0.355 e. The third-order valence-corrected chi connectivity index (χ3v) is 7.77. The molecule has 6 nitrogen and oxygen atoms in total. The van der Waals surface area contributed by atoms with Crippen LogP contribution >= 0.6 is 0 Å². The Hall–Kier alpha value is -2.67. The van der Waals surface area contributed by atoms with E-state index in [1.165, 1.54) is 13.0 Å². The molecule has 1 N–H and O–H groups in total. The number of nitrogens with zero attached hydrogens (tertiary/aromatic N) is 1. The SMILES string of the molecule is CC(=O)N1CCc2cc(S(=O)(=O)C(C)CC(=O)NCC(C)c3ccccc3)ccc21. The summed E-state index contributed by atoms with van der Waals surface area (Å²) in [5, 5.41) is 2.01. The number of nitrogens with one attached hydrogen (secondary N) is 1. The molecular formula is C23H28N2O4S. The average molecular weight is 429 g/mol. The normalized spacial score (nSPS) is 15.4. The summed E-state index contributed by atoms with van der Waals surface area (Å²) in [5.74, 6) is -0.195. The number of rotatable bonds is 7. The standard InChI is InChI=1S/C23H28N2O4S/c1-16(19-7-5-4-6-8-19)15-24-23(27)13-17(2)30(28,29)21-9-10-22-20(14-21)11-12-25(22)18(3)26/h4-10,14,16-17H,11-13,15H2,1-3H3,(H,24,27). The molecule has 0 saturated carbocycles. The highest BCUT2D eigenvalue weighted by molar-refractivity contribution is 7.92. The predicted octanol–water partition coefficient (Wildman–Crippen LogP) is 3.07. The van der Waals surface area contributed by atoms with Crippen LogP contribution in [-0.2, 0) is 25.8 Å². The molecule has 0 radical (unpaired) electrons. The Morgan fingerprint density at radius 2 is 1.80 bits per heavy atom. The second-order valence-corrected chi connectivity index (χ2v) is 10.3. The van der Waals surface area contributed by atoms with Gasteiger partial charge in [0, 0.05) is 32.1 Å². The van der Waals surface area contributed by atoms with Gasteiger partial charge in [0.15, 0.2) is 9.84 Å². The Kier molecular flexibility index (Phi) is 6.61. The van der Waals surface area contributed by atoms with Gasteiger partial charge >= 0.3 is 0 Å². The van der Waals surface area contributed by atoms with Gasteiger partial charge in [-0.1, -0.05) is 37.3 Å². The smallest absolute Gasteiger partial charge is 0.223 e. The first-order valence-corrected chi connectivity index (χ1v) is 11.7. The molecule has 2 unspecified atom stereocenters. The second kappa shape index (κ2) is 9.00. The summed E-state index contributed by atoms with van der Waals surface area (Å²) in [6, 6.07) is 14.7. The van der Waals surface area contributed by atoms with E-state index in [1.54, 1.807) is 24.0 Å². The molecular weight excluding hydrogens is 400 g/mol. The summed E-state index contributed by atoms with van der Waals surface area (Å²) in [6.07, 6.45) is 0.533. The minimum absolute atomic E-state index is 0.0564. The lowest BCUT2D eigenvalue weighted by Crippen LogP contribution is -2.32. The molecule has 1 aliphatic rings. The molecule has 0 bridgehead atoms. The van der Waals surface area contributed by atoms with E-state index in [0.29, 0.717) is 19.5 Å². The maximum atomic E-state index is 13.0. The van der Waals surface area contributed by atoms with Crippen LogP contribution in [-0.4, -0.2) is 38.6 Å². The number of anilines is 1. The highest BCUT2D eigenvalue weighted by Gasteiger charge is 2.29. The lowest BCUT2D eigenvalue weighted by molar-refractivity contribution is -0.121. The van der Waals surface area contributed by atoms with Crippen molar-refractivity contribution in [2.24, 2.45) is 0 Å². The van der Waals surface area contributed by atoms with Gasteiger partial charge in [0.25, 0.3) is 0 Å². The second-order valence-electron chi connectivity index (χ2n) is 7.89. The summed E-state index contributed by atoms with van der Waals surface area (Å²) in [7, 11) is -3.65. The summed E-state index contributed by atoms with van der Waals surface area (Å²) < 4.78 is 26.0. The van der Waals surface area contributed by atoms with Gasteiger partial charge in [-0.05, 0) is 48.6 Å². The predicted molar refractivity (Wildman–Crippen MR) is 117 cm³/mol. The molecule has 1 heterocycles. The van der Waals surface area contributed by atoms with Gasteiger partial charge < -0.3 is 10.2 Å². The average Bonchev–Trinajstić information content (AvgIpc) is 3.16. The number of hydrogen-bond donors (Lipinski definition) is 1. The lowest BCUT2D eigenvalue weighted by Gasteiger charge is -2.17. The van der Waals surface area contributed by atoms with E-state index in [2.05, 4.69) is 5.32 Å². The monoisotopic (exact) mass is 428 g/mol. The summed E-state index contributed by atoms with van der Waals surface area (Å²) in [6.45, 7) is 6.09. The van der Waals surface area contributed by atoms with E-state index in [0.717, 1.165) is 16.8 Å². The number of hydrogen-bond acceptors (Lipinski definition) is 4. The Bertz CT molecular complexity index is 1030. The van der Waals surface area contributed by atoms with Crippen molar-refractivity contribution >= 4 is 27.3 Å². The topological polar surface area (TPSA) is 83.6 Å². The molecule has 2 amide bonds. The number of carbonyl (C=O) groups is 2. The molecule has 0 aliphatic carbocycles. The van der Waals surface area contributed by atoms with Crippen LogP contribution in [0.4, 0.5) is 5.69 Å². The molecule has 30 heavy (non-hydrogen) atoms. The minimum atomic E-state index is -3.65. The summed E-state index contributed by atoms with van der Waals surface area (Å²) in [5.41, 5.74) is 2.73. The fourth-order valence-corrected chi connectivity index (χ4v) is 5.12. The molecule has 1 aliphatic heterocycles. The van der Waals surface area contributed by atoms with Crippen LogP contribution in [0.25, 0.3) is 0 Å². The van der Waals surface area contributed by atoms with Crippen LogP contribution in [0.1, 0.15) is 44.2 Å². The van der Waals surface area contributed by atoms with Crippen LogP contribution in [0.5, 0.6) is 0 Å². The molecule has 160 valence electrons. The third-order valence-electron chi connectivity index (χ3n) is 5.63. The molecule has 0 saturated heterocycles. The van der Waals surface area contributed by atoms with Gasteiger partial charge in [0.05, 0.1) is 10.1 Å². The van der Waals surface area contributed by atoms with Crippen molar-refractivity contribution in [3.63, 3.8) is 0 Å². The highest BCUT2D eigenvalue weighted by Crippen LogP contribution is 2.31. The van der Waals surface area contributed by atoms with Crippen LogP contribution in [0.3, 0.4) is 0 Å². The first-order valence-electron chi connectivity index (χ1n) is 10.2. The molecule has 0 aromatic heterocycles. The van der Waals surface area contributed by atoms with Gasteiger partial charge in [-0.2, -0.15) is 0 Å². The number of benzene rings is 2. The van der Waals surface area contributed by atoms with Crippen molar-refractivity contribution in [3.8, 4) is 0 Å². The minimum Gasteiger partial charge on any atom is -0.355 e. The number of sulfone groups is 1. The van der Waals surface area contributed by atoms with Gasteiger partial charge in [0.1, 0.15) is 0 Å². The summed E-state index contributed by atoms with van der Waals surface area (Å²) in [4.78, 5) is 25.9. The van der Waals surface area contributed by atoms with Crippen molar-refractivity contribution in [1.29, 1.82) is 0 Å². The number of amides is 2. The van der Waals surface area contributed by atoms with Gasteiger partial charge in [0.2, 0.25) is 11.8 Å². The van der Waals surface area contributed by atoms with Crippen molar-refractivity contribution in [2.75, 3.05) is 18.0 Å². The van der Waals surface area contributed by atoms with Crippen LogP contribution < -0.4 is 10.2 Å². The quantitative estimate of drug-likeness (QED) is 0.735. The van der Waals surface area contributed by atoms with Crippen molar-refractivity contribution in [3.05, 3.63) is 59.7 Å². The molecule has 2 aromatic carbocycles. The van der Waals surface area contributed by atoms with E-state index < -0.39 is 15.1 Å². The van der Waals surface area contributed by atoms with Crippen molar-refractivity contribution < 1.29 is 18.0 Å². The Labute approximate surface area is 178 Å². The van der Waals surface area contributed by atoms with E-state index in [1.807, 2.05) is 37.3 Å². The maximum Gasteiger partial charge on any atom is 0.223 e. The first-order chi connectivity index (χ1) is 14.2. The van der Waals surface area contributed by atoms with Gasteiger partial charge in [-0.3, -0.25) is 9.59 Å². The number of carbonyl (C=O) groups excluding carboxylic acids is 2. The van der Waals surface area contributed by atoms with Gasteiger partial charge in [-0.25, -0.2) is 8.42 Å². The maximum absolute atomic E-state index is 13.0. The van der Waals surface area contributed by atoms with Crippen molar-refractivity contribution in [1.82, 2.24) is 5.32 Å². The number of fused-ring (bicyclic) bond motifs is 1. The van der Waals surface area contributed by atoms with E-state index in [4.69, 9.17) is 0 Å². The van der Waals surface area contributed by atoms with E-state index >= 15 is 0 Å². The molecule has 2 aromatic rings. The first kappa shape index (κ1) is 22.0. The molecule has 0 spiro atoms. The highest BCUT2D eigenvalue weighted by atomic mass is 32.2. The molecule has 0 fully saturated rings. The van der Waals surface area contributed by atoms with Crippen molar-refractivity contribution in [2.45, 2.75) is 49.7 Å². The third kappa shape index (κ3) is 4.73. The molecule has 3 rings (SSSR count). The Morgan fingerprint density at radius 3 is 2.47 bits per heavy atom. The zero-order valence-corrected chi connectivity index (χ0v) is 18.4. The molecule has 2 atom stereocenters. The van der Waals surface area contributed by atoms with E-state index in [-0.39, 0.29) is 29.0 Å². The van der Waals surface area contributed by atoms with Crippen LogP contribution in [0.2, 0.25) is 0 Å². The zero-order valence-electron chi connectivity index (χ0n) is 17.6. The Morgan fingerprint density at radius 1 is 1.10 bits per heavy atom.